The van der Waals surface area contributed by atoms with Crippen LogP contribution in [-0.4, -0.2) is 35.0 Å². The van der Waals surface area contributed by atoms with Gasteiger partial charge < -0.3 is 10.0 Å². The Morgan fingerprint density at radius 3 is 1.52 bits per heavy atom. The molecule has 44 heavy (non-hydrogen) atoms. The number of amides is 1. The van der Waals surface area contributed by atoms with E-state index in [9.17, 15) is 14.7 Å². The third-order valence-corrected chi connectivity index (χ3v) is 8.28. The number of carbonyl (C=O) groups is 2. The summed E-state index contributed by atoms with van der Waals surface area (Å²) in [6, 6.07) is 28.9. The molecule has 2 aromatic heterocycles. The molecule has 4 rings (SSSR count). The van der Waals surface area contributed by atoms with Crippen molar-refractivity contribution in [1.29, 1.82) is 0 Å². The fourth-order valence-electron chi connectivity index (χ4n) is 5.52. The van der Waals surface area contributed by atoms with Crippen molar-refractivity contribution < 1.29 is 23.8 Å². The number of aliphatic carboxylic acids is 1. The first-order valence-electron chi connectivity index (χ1n) is 16.1. The maximum atomic E-state index is 13.6. The van der Waals surface area contributed by atoms with Gasteiger partial charge in [-0.15, -0.1) is 0 Å². The first-order chi connectivity index (χ1) is 21.5. The Balaban J connectivity index is 1.39. The lowest BCUT2D eigenvalue weighted by Gasteiger charge is -2.22. The normalized spacial score (nSPS) is 11.7. The van der Waals surface area contributed by atoms with Crippen LogP contribution in [0.2, 0.25) is 0 Å². The standard InChI is InChI=1S/C38H46N3O3/c1-2-3-4-5-6-9-18-36(38(43)44)31-37(42)41(29-27-39-23-19-34(20-24-39)32-14-10-7-11-15-32)30-28-40-25-21-35(22-26-40)33-16-12-8-13-17-33/h7-8,10-17,19-26,36H,2-6,9,18,27-31H2,1H3/q+1/p+1. The highest BCUT2D eigenvalue weighted by molar-refractivity contribution is 5.82. The minimum absolute atomic E-state index is 0.0412. The molecule has 230 valence electrons. The number of carboxylic acid groups (broad SMARTS) is 1. The molecule has 1 amide bonds. The number of carboxylic acids is 1. The van der Waals surface area contributed by atoms with Crippen LogP contribution >= 0.6 is 0 Å². The fraction of sp³-hybridized carbons (Fsp3) is 0.368. The monoisotopic (exact) mass is 593 g/mol. The smallest absolute Gasteiger partial charge is 0.307 e. The van der Waals surface area contributed by atoms with E-state index in [1.54, 1.807) is 0 Å². The Morgan fingerprint density at radius 1 is 0.636 bits per heavy atom. The number of carbonyl (C=O) groups excluding carboxylic acids is 1. The molecule has 6 heteroatoms. The molecule has 0 fully saturated rings. The molecule has 2 aromatic carbocycles. The first kappa shape index (κ1) is 32.6. The van der Waals surface area contributed by atoms with Gasteiger partial charge in [0.1, 0.15) is 0 Å². The molecule has 0 spiro atoms. The largest absolute Gasteiger partial charge is 0.481 e. The molecule has 0 aliphatic rings. The lowest BCUT2D eigenvalue weighted by atomic mass is 9.96. The molecule has 0 saturated heterocycles. The van der Waals surface area contributed by atoms with Crippen LogP contribution < -0.4 is 9.13 Å². The highest BCUT2D eigenvalue weighted by Crippen LogP contribution is 2.19. The van der Waals surface area contributed by atoms with Crippen molar-refractivity contribution in [1.82, 2.24) is 4.90 Å². The molecule has 0 radical (unpaired) electrons. The Labute approximate surface area is 262 Å². The Hall–Kier alpha value is -4.32. The van der Waals surface area contributed by atoms with E-state index in [1.165, 1.54) is 19.3 Å². The predicted octanol–water partition coefficient (Wildman–Crippen LogP) is 6.97. The van der Waals surface area contributed by atoms with Gasteiger partial charge >= 0.3 is 5.97 Å². The Morgan fingerprint density at radius 2 is 1.07 bits per heavy atom. The van der Waals surface area contributed by atoms with Crippen molar-refractivity contribution in [2.75, 3.05) is 13.1 Å². The molecular weight excluding hydrogens is 546 g/mol. The summed E-state index contributed by atoms with van der Waals surface area (Å²) in [7, 11) is 0. The van der Waals surface area contributed by atoms with Gasteiger partial charge in [0, 0.05) is 30.7 Å². The van der Waals surface area contributed by atoms with E-state index < -0.39 is 11.9 Å². The summed E-state index contributed by atoms with van der Waals surface area (Å²) in [6.45, 7) is 4.48. The number of pyridine rings is 2. The van der Waals surface area contributed by atoms with Crippen LogP contribution in [-0.2, 0) is 22.7 Å². The fourth-order valence-corrected chi connectivity index (χ4v) is 5.52. The molecule has 0 bridgehead atoms. The van der Waals surface area contributed by atoms with Crippen molar-refractivity contribution in [3.63, 3.8) is 0 Å². The lowest BCUT2D eigenvalue weighted by molar-refractivity contribution is -0.700. The van der Waals surface area contributed by atoms with Gasteiger partial charge in [-0.1, -0.05) is 106 Å². The van der Waals surface area contributed by atoms with Gasteiger partial charge in [0.25, 0.3) is 0 Å². The molecule has 6 nitrogen and oxygen atoms in total. The maximum Gasteiger partial charge on any atom is 0.307 e. The zero-order valence-corrected chi connectivity index (χ0v) is 26.1. The third kappa shape index (κ3) is 10.4. The average Bonchev–Trinajstić information content (AvgIpc) is 3.07. The molecule has 4 aromatic rings. The number of benzene rings is 2. The van der Waals surface area contributed by atoms with E-state index in [4.69, 9.17) is 0 Å². The van der Waals surface area contributed by atoms with E-state index in [1.807, 2.05) is 66.1 Å². The van der Waals surface area contributed by atoms with Crippen LogP contribution in [0.3, 0.4) is 0 Å². The summed E-state index contributed by atoms with van der Waals surface area (Å²) in [6.07, 6.45) is 15.3. The summed E-state index contributed by atoms with van der Waals surface area (Å²) in [5, 5.41) is 9.92. The quantitative estimate of drug-likeness (QED) is 0.100. The van der Waals surface area contributed by atoms with Gasteiger partial charge in [0.2, 0.25) is 5.91 Å². The predicted molar refractivity (Wildman–Crippen MR) is 174 cm³/mol. The van der Waals surface area contributed by atoms with E-state index in [-0.39, 0.29) is 12.3 Å². The van der Waals surface area contributed by atoms with Crippen molar-refractivity contribution in [2.45, 2.75) is 71.4 Å². The number of hydrogen-bond acceptors (Lipinski definition) is 2. The topological polar surface area (TPSA) is 65.4 Å². The van der Waals surface area contributed by atoms with Crippen LogP contribution in [0.15, 0.2) is 110 Å². The summed E-state index contributed by atoms with van der Waals surface area (Å²) in [5.74, 6) is -1.61. The van der Waals surface area contributed by atoms with Gasteiger partial charge in [-0.05, 0) is 28.7 Å². The van der Waals surface area contributed by atoms with Crippen molar-refractivity contribution >= 4 is 11.9 Å². The van der Waals surface area contributed by atoms with Crippen molar-refractivity contribution in [2.24, 2.45) is 5.92 Å². The van der Waals surface area contributed by atoms with E-state index in [0.29, 0.717) is 32.6 Å². The minimum atomic E-state index is -0.872. The SMILES string of the molecule is CCCCCCCCC(CC(=O)N(CC[n+]1ccc(-c2ccccc2)cc1)CC[n+]1ccc(-c2ccccc2)cc1)C(=O)O. The molecule has 1 atom stereocenters. The second-order valence-corrected chi connectivity index (χ2v) is 11.6. The van der Waals surface area contributed by atoms with E-state index in [0.717, 1.165) is 41.5 Å². The summed E-state index contributed by atoms with van der Waals surface area (Å²) in [4.78, 5) is 27.5. The second kappa shape index (κ2) is 17.7. The van der Waals surface area contributed by atoms with Crippen molar-refractivity contribution in [3.05, 3.63) is 110 Å². The molecule has 2 heterocycles. The first-order valence-corrected chi connectivity index (χ1v) is 16.1. The van der Waals surface area contributed by atoms with Crippen LogP contribution in [0.1, 0.15) is 58.3 Å². The molecule has 1 unspecified atom stereocenters. The molecule has 0 aliphatic carbocycles. The summed E-state index contributed by atoms with van der Waals surface area (Å²) >= 11 is 0. The van der Waals surface area contributed by atoms with E-state index >= 15 is 0 Å². The highest BCUT2D eigenvalue weighted by Gasteiger charge is 2.25. The molecular formula is C38H47N3O3+2. The average molecular weight is 594 g/mol. The summed E-state index contributed by atoms with van der Waals surface area (Å²) < 4.78 is 4.17. The van der Waals surface area contributed by atoms with Gasteiger partial charge in [-0.3, -0.25) is 9.59 Å². The van der Waals surface area contributed by atoms with Gasteiger partial charge in [0.05, 0.1) is 19.0 Å². The van der Waals surface area contributed by atoms with Crippen molar-refractivity contribution in [3.8, 4) is 22.3 Å². The number of nitrogens with zero attached hydrogens (tertiary/aromatic N) is 3. The molecule has 1 N–H and O–H groups in total. The van der Waals surface area contributed by atoms with Crippen LogP contribution in [0.25, 0.3) is 22.3 Å². The highest BCUT2D eigenvalue weighted by atomic mass is 16.4. The summed E-state index contributed by atoms with van der Waals surface area (Å²) in [5.41, 5.74) is 4.61. The zero-order chi connectivity index (χ0) is 31.0. The van der Waals surface area contributed by atoms with Gasteiger partial charge in [0.15, 0.2) is 37.9 Å². The Kier molecular flexibility index (Phi) is 13.1. The number of rotatable bonds is 18. The zero-order valence-electron chi connectivity index (χ0n) is 26.1. The molecule has 0 saturated carbocycles. The van der Waals surface area contributed by atoms with Crippen LogP contribution in [0.5, 0.6) is 0 Å². The lowest BCUT2D eigenvalue weighted by Crippen LogP contribution is -2.47. The van der Waals surface area contributed by atoms with E-state index in [2.05, 4.69) is 64.6 Å². The number of aromatic nitrogens is 2. The number of unbranched alkanes of at least 4 members (excludes halogenated alkanes) is 5. The van der Waals surface area contributed by atoms with Gasteiger partial charge in [-0.25, -0.2) is 9.13 Å². The Bertz CT molecular complexity index is 1320. The third-order valence-electron chi connectivity index (χ3n) is 8.28. The minimum Gasteiger partial charge on any atom is -0.481 e. The molecule has 0 aliphatic heterocycles. The van der Waals surface area contributed by atoms with Crippen LogP contribution in [0, 0.1) is 5.92 Å². The second-order valence-electron chi connectivity index (χ2n) is 11.6. The number of hydrogen-bond donors (Lipinski definition) is 1. The van der Waals surface area contributed by atoms with Gasteiger partial charge in [-0.2, -0.15) is 0 Å². The maximum absolute atomic E-state index is 13.6. The van der Waals surface area contributed by atoms with Crippen LogP contribution in [0.4, 0.5) is 0 Å².